The summed E-state index contributed by atoms with van der Waals surface area (Å²) in [6, 6.07) is 19.4. The molecule has 0 aliphatic carbocycles. The van der Waals surface area contributed by atoms with Gasteiger partial charge in [0.1, 0.15) is 6.04 Å². The van der Waals surface area contributed by atoms with Gasteiger partial charge < -0.3 is 9.88 Å². The molecule has 0 saturated heterocycles. The summed E-state index contributed by atoms with van der Waals surface area (Å²) in [6.07, 6.45) is 1.75. The molecule has 1 heterocycles. The van der Waals surface area contributed by atoms with E-state index in [2.05, 4.69) is 5.32 Å². The van der Waals surface area contributed by atoms with Gasteiger partial charge in [-0.05, 0) is 36.8 Å². The molecule has 0 radical (unpaired) electrons. The monoisotopic (exact) mass is 366 g/mol. The third-order valence-electron chi connectivity index (χ3n) is 4.22. The number of nitrogens with zero attached hydrogens (tertiary/aromatic N) is 1. The Hall–Kier alpha value is -2.85. The van der Waals surface area contributed by atoms with Gasteiger partial charge in [0.25, 0.3) is 0 Å². The van der Waals surface area contributed by atoms with Crippen LogP contribution in [0.25, 0.3) is 0 Å². The average molecular weight is 367 g/mol. The number of nitrogens with one attached hydrogen (secondary N) is 1. The van der Waals surface area contributed by atoms with Gasteiger partial charge in [-0.15, -0.1) is 0 Å². The van der Waals surface area contributed by atoms with E-state index in [0.717, 1.165) is 5.56 Å². The van der Waals surface area contributed by atoms with E-state index in [1.165, 1.54) is 0 Å². The van der Waals surface area contributed by atoms with Crippen molar-refractivity contribution >= 4 is 23.3 Å². The third kappa shape index (κ3) is 4.03. The first-order valence-corrected chi connectivity index (χ1v) is 8.73. The van der Waals surface area contributed by atoms with Crippen LogP contribution in [-0.2, 0) is 11.3 Å². The van der Waals surface area contributed by atoms with Crippen molar-refractivity contribution in [1.82, 2.24) is 9.88 Å². The summed E-state index contributed by atoms with van der Waals surface area (Å²) >= 11 is 5.87. The van der Waals surface area contributed by atoms with Crippen LogP contribution in [-0.4, -0.2) is 16.3 Å². The van der Waals surface area contributed by atoms with Gasteiger partial charge >= 0.3 is 0 Å². The van der Waals surface area contributed by atoms with Crippen molar-refractivity contribution in [3.8, 4) is 0 Å². The fourth-order valence-electron chi connectivity index (χ4n) is 2.73. The minimum Gasteiger partial charge on any atom is -0.350 e. The molecular weight excluding hydrogens is 348 g/mol. The highest BCUT2D eigenvalue weighted by Crippen LogP contribution is 2.17. The van der Waals surface area contributed by atoms with Crippen molar-refractivity contribution in [3.05, 3.63) is 94.8 Å². The first kappa shape index (κ1) is 18.0. The zero-order chi connectivity index (χ0) is 18.5. The zero-order valence-electron chi connectivity index (χ0n) is 14.4. The predicted octanol–water partition coefficient (Wildman–Crippen LogP) is 4.25. The molecule has 132 valence electrons. The number of benzene rings is 2. The van der Waals surface area contributed by atoms with Crippen LogP contribution in [0.1, 0.15) is 34.6 Å². The number of carbonyl (C=O) groups is 2. The number of ketones is 1. The van der Waals surface area contributed by atoms with Crippen LogP contribution >= 0.6 is 11.6 Å². The number of rotatable bonds is 6. The van der Waals surface area contributed by atoms with Crippen LogP contribution in [0.2, 0.25) is 5.02 Å². The van der Waals surface area contributed by atoms with Gasteiger partial charge in [-0.3, -0.25) is 9.59 Å². The first-order chi connectivity index (χ1) is 12.6. The van der Waals surface area contributed by atoms with E-state index in [1.54, 1.807) is 54.1 Å². The second-order valence-electron chi connectivity index (χ2n) is 6.02. The fourth-order valence-corrected chi connectivity index (χ4v) is 2.85. The van der Waals surface area contributed by atoms with E-state index >= 15 is 0 Å². The van der Waals surface area contributed by atoms with Crippen molar-refractivity contribution in [2.75, 3.05) is 0 Å². The summed E-state index contributed by atoms with van der Waals surface area (Å²) in [7, 11) is 0. The summed E-state index contributed by atoms with van der Waals surface area (Å²) in [5.74, 6) is -0.258. The minimum atomic E-state index is -0.500. The largest absolute Gasteiger partial charge is 0.350 e. The lowest BCUT2D eigenvalue weighted by Crippen LogP contribution is -2.31. The van der Waals surface area contributed by atoms with Crippen LogP contribution in [0.5, 0.6) is 0 Å². The number of hydrogen-bond donors (Lipinski definition) is 1. The lowest BCUT2D eigenvalue weighted by molar-refractivity contribution is -0.124. The van der Waals surface area contributed by atoms with E-state index in [4.69, 9.17) is 11.6 Å². The number of amides is 1. The van der Waals surface area contributed by atoms with Gasteiger partial charge in [0.15, 0.2) is 0 Å². The molecule has 5 heteroatoms. The summed E-state index contributed by atoms with van der Waals surface area (Å²) in [5, 5.41) is 3.56. The molecule has 1 amide bonds. The Morgan fingerprint density at radius 3 is 2.38 bits per heavy atom. The normalized spacial score (nSPS) is 11.8. The molecule has 0 aliphatic rings. The van der Waals surface area contributed by atoms with Crippen molar-refractivity contribution in [2.24, 2.45) is 0 Å². The SMILES string of the molecule is C[C@@H](C(=O)NCc1ccc(Cl)cc1)n1cccc1C(=O)c1ccccc1. The Balaban J connectivity index is 1.71. The van der Waals surface area contributed by atoms with Gasteiger partial charge in [-0.2, -0.15) is 0 Å². The molecule has 0 aliphatic heterocycles. The summed E-state index contributed by atoms with van der Waals surface area (Å²) < 4.78 is 1.70. The smallest absolute Gasteiger partial charge is 0.243 e. The molecule has 0 bridgehead atoms. The molecule has 1 aromatic heterocycles. The molecule has 3 aromatic rings. The van der Waals surface area contributed by atoms with Crippen molar-refractivity contribution in [2.45, 2.75) is 19.5 Å². The summed E-state index contributed by atoms with van der Waals surface area (Å²) in [6.45, 7) is 2.18. The van der Waals surface area contributed by atoms with Crippen LogP contribution in [0.3, 0.4) is 0 Å². The number of halogens is 1. The van der Waals surface area contributed by atoms with Gasteiger partial charge in [0.05, 0.1) is 5.69 Å². The van der Waals surface area contributed by atoms with E-state index < -0.39 is 6.04 Å². The van der Waals surface area contributed by atoms with Crippen LogP contribution < -0.4 is 5.32 Å². The molecule has 0 fully saturated rings. The second-order valence-corrected chi connectivity index (χ2v) is 6.45. The quantitative estimate of drug-likeness (QED) is 0.663. The van der Waals surface area contributed by atoms with Gasteiger partial charge in [0, 0.05) is 23.3 Å². The molecule has 1 atom stereocenters. The van der Waals surface area contributed by atoms with Crippen molar-refractivity contribution in [1.29, 1.82) is 0 Å². The Morgan fingerprint density at radius 1 is 1.00 bits per heavy atom. The minimum absolute atomic E-state index is 0.104. The first-order valence-electron chi connectivity index (χ1n) is 8.35. The van der Waals surface area contributed by atoms with Crippen molar-refractivity contribution in [3.63, 3.8) is 0 Å². The number of aromatic nitrogens is 1. The fraction of sp³-hybridized carbons (Fsp3) is 0.143. The highest BCUT2D eigenvalue weighted by molar-refractivity contribution is 6.30. The number of hydrogen-bond acceptors (Lipinski definition) is 2. The van der Waals surface area contributed by atoms with E-state index in [0.29, 0.717) is 22.8 Å². The summed E-state index contributed by atoms with van der Waals surface area (Å²) in [4.78, 5) is 25.2. The van der Waals surface area contributed by atoms with Crippen LogP contribution in [0.4, 0.5) is 0 Å². The lowest BCUT2D eigenvalue weighted by Gasteiger charge is -2.17. The Labute approximate surface area is 157 Å². The van der Waals surface area contributed by atoms with Gasteiger partial charge in [-0.1, -0.05) is 54.1 Å². The average Bonchev–Trinajstić information content (AvgIpc) is 3.16. The molecule has 0 saturated carbocycles. The lowest BCUT2D eigenvalue weighted by atomic mass is 10.1. The highest BCUT2D eigenvalue weighted by atomic mass is 35.5. The highest BCUT2D eigenvalue weighted by Gasteiger charge is 2.20. The van der Waals surface area contributed by atoms with Gasteiger partial charge in [0.2, 0.25) is 11.7 Å². The zero-order valence-corrected chi connectivity index (χ0v) is 15.1. The Morgan fingerprint density at radius 2 is 1.69 bits per heavy atom. The maximum Gasteiger partial charge on any atom is 0.243 e. The molecule has 0 unspecified atom stereocenters. The Bertz CT molecular complexity index is 901. The van der Waals surface area contributed by atoms with E-state index in [9.17, 15) is 9.59 Å². The standard InChI is InChI=1S/C21H19ClN2O2/c1-15(21(26)23-14-16-9-11-18(22)12-10-16)24-13-5-8-19(24)20(25)17-6-3-2-4-7-17/h2-13,15H,14H2,1H3,(H,23,26)/t15-/m0/s1. The molecular formula is C21H19ClN2O2. The van der Waals surface area contributed by atoms with Crippen molar-refractivity contribution < 1.29 is 9.59 Å². The Kier molecular flexibility index (Phi) is 5.54. The maximum absolute atomic E-state index is 12.7. The predicted molar refractivity (Wildman–Crippen MR) is 102 cm³/mol. The molecule has 4 nitrogen and oxygen atoms in total. The maximum atomic E-state index is 12.7. The van der Waals surface area contributed by atoms with Crippen LogP contribution in [0.15, 0.2) is 72.9 Å². The molecule has 3 rings (SSSR count). The number of carbonyl (C=O) groups excluding carboxylic acids is 2. The second kappa shape index (κ2) is 8.02. The topological polar surface area (TPSA) is 51.1 Å². The molecule has 0 spiro atoms. The van der Waals surface area contributed by atoms with E-state index in [1.807, 2.05) is 30.3 Å². The third-order valence-corrected chi connectivity index (χ3v) is 4.48. The molecule has 2 aromatic carbocycles. The molecule has 26 heavy (non-hydrogen) atoms. The van der Waals surface area contributed by atoms with Crippen LogP contribution in [0, 0.1) is 0 Å². The van der Waals surface area contributed by atoms with Gasteiger partial charge in [-0.25, -0.2) is 0 Å². The molecule has 1 N–H and O–H groups in total. The van der Waals surface area contributed by atoms with E-state index in [-0.39, 0.29) is 11.7 Å². The summed E-state index contributed by atoms with van der Waals surface area (Å²) in [5.41, 5.74) is 2.05.